The van der Waals surface area contributed by atoms with E-state index in [1.165, 1.54) is 12.1 Å². The third kappa shape index (κ3) is 3.92. The molecule has 2 aromatic rings. The number of benzene rings is 2. The third-order valence-electron chi connectivity index (χ3n) is 2.70. The molecule has 108 valence electrons. The summed E-state index contributed by atoms with van der Waals surface area (Å²) in [4.78, 5) is 10.7. The topological polar surface area (TPSA) is 37.3 Å². The standard InChI is InChI=1S/C15H8Cl4O2/c16-9-2-3-11(8(5-9)1-4-14(20)21)12-6-10(17)7-13(18)15(12)19/h1-7H,(H,20,21)/b4-1-. The lowest BCUT2D eigenvalue weighted by molar-refractivity contribution is -0.131. The van der Waals surface area contributed by atoms with Crippen molar-refractivity contribution in [1.82, 2.24) is 0 Å². The predicted molar refractivity (Wildman–Crippen MR) is 88.6 cm³/mol. The van der Waals surface area contributed by atoms with Crippen LogP contribution in [0.1, 0.15) is 5.56 Å². The Balaban J connectivity index is 2.67. The van der Waals surface area contributed by atoms with Gasteiger partial charge < -0.3 is 5.11 Å². The van der Waals surface area contributed by atoms with Crippen LogP contribution in [0, 0.1) is 0 Å². The predicted octanol–water partition coefficient (Wildman–Crippen LogP) is 6.07. The number of rotatable bonds is 3. The Bertz CT molecular complexity index is 739. The molecule has 0 radical (unpaired) electrons. The number of hydrogen-bond acceptors (Lipinski definition) is 1. The second kappa shape index (κ2) is 6.71. The second-order valence-electron chi connectivity index (χ2n) is 4.15. The van der Waals surface area contributed by atoms with Gasteiger partial charge in [-0.1, -0.05) is 52.5 Å². The Kier molecular flexibility index (Phi) is 5.17. The van der Waals surface area contributed by atoms with E-state index in [4.69, 9.17) is 51.5 Å². The average Bonchev–Trinajstić information content (AvgIpc) is 2.41. The first-order chi connectivity index (χ1) is 9.88. The Morgan fingerprint density at radius 1 is 0.952 bits per heavy atom. The maximum atomic E-state index is 10.7. The minimum Gasteiger partial charge on any atom is -0.478 e. The van der Waals surface area contributed by atoms with Crippen LogP contribution in [0.5, 0.6) is 0 Å². The molecule has 0 fully saturated rings. The number of aliphatic carboxylic acids is 1. The minimum atomic E-state index is -1.06. The first-order valence-electron chi connectivity index (χ1n) is 5.74. The smallest absolute Gasteiger partial charge is 0.328 e. The molecule has 21 heavy (non-hydrogen) atoms. The van der Waals surface area contributed by atoms with Crippen LogP contribution in [0.15, 0.2) is 36.4 Å². The molecule has 0 bridgehead atoms. The van der Waals surface area contributed by atoms with Crippen molar-refractivity contribution in [2.75, 3.05) is 0 Å². The molecule has 0 unspecified atom stereocenters. The molecular formula is C15H8Cl4O2. The molecule has 2 aromatic carbocycles. The summed E-state index contributed by atoms with van der Waals surface area (Å²) in [5.41, 5.74) is 1.90. The summed E-state index contributed by atoms with van der Waals surface area (Å²) in [5, 5.41) is 10.3. The molecule has 0 saturated carbocycles. The highest BCUT2D eigenvalue weighted by Gasteiger charge is 2.12. The SMILES string of the molecule is O=C(O)/C=C\c1cc(Cl)ccc1-c1cc(Cl)cc(Cl)c1Cl. The molecule has 0 aromatic heterocycles. The molecule has 0 aliphatic heterocycles. The molecule has 0 saturated heterocycles. The monoisotopic (exact) mass is 360 g/mol. The average molecular weight is 362 g/mol. The number of carboxylic acids is 1. The summed E-state index contributed by atoms with van der Waals surface area (Å²) >= 11 is 24.2. The third-order valence-corrected chi connectivity index (χ3v) is 3.96. The number of carboxylic acid groups (broad SMARTS) is 1. The number of carbonyl (C=O) groups is 1. The van der Waals surface area contributed by atoms with E-state index in [1.54, 1.807) is 24.3 Å². The van der Waals surface area contributed by atoms with E-state index >= 15 is 0 Å². The normalized spacial score (nSPS) is 11.0. The van der Waals surface area contributed by atoms with Crippen molar-refractivity contribution in [3.8, 4) is 11.1 Å². The maximum Gasteiger partial charge on any atom is 0.328 e. The number of hydrogen-bond donors (Lipinski definition) is 1. The van der Waals surface area contributed by atoms with E-state index in [2.05, 4.69) is 0 Å². The molecule has 0 aliphatic carbocycles. The van der Waals surface area contributed by atoms with Crippen LogP contribution in [-0.4, -0.2) is 11.1 Å². The Hall–Kier alpha value is -1.19. The van der Waals surface area contributed by atoms with Crippen LogP contribution in [0.4, 0.5) is 0 Å². The van der Waals surface area contributed by atoms with Crippen molar-refractivity contribution >= 4 is 58.4 Å². The highest BCUT2D eigenvalue weighted by atomic mass is 35.5. The van der Waals surface area contributed by atoms with Gasteiger partial charge in [0.05, 0.1) is 10.0 Å². The zero-order valence-corrected chi connectivity index (χ0v) is 13.4. The van der Waals surface area contributed by atoms with Gasteiger partial charge in [0, 0.05) is 21.7 Å². The lowest BCUT2D eigenvalue weighted by Crippen LogP contribution is -1.89. The molecular weight excluding hydrogens is 354 g/mol. The largest absolute Gasteiger partial charge is 0.478 e. The summed E-state index contributed by atoms with van der Waals surface area (Å²) < 4.78 is 0. The summed E-state index contributed by atoms with van der Waals surface area (Å²) in [6.45, 7) is 0. The van der Waals surface area contributed by atoms with Crippen molar-refractivity contribution in [3.63, 3.8) is 0 Å². The van der Waals surface area contributed by atoms with E-state index in [-0.39, 0.29) is 0 Å². The van der Waals surface area contributed by atoms with Gasteiger partial charge in [-0.3, -0.25) is 0 Å². The quantitative estimate of drug-likeness (QED) is 0.532. The van der Waals surface area contributed by atoms with Gasteiger partial charge in [-0.15, -0.1) is 0 Å². The zero-order valence-electron chi connectivity index (χ0n) is 10.4. The molecule has 0 spiro atoms. The fourth-order valence-electron chi connectivity index (χ4n) is 1.83. The second-order valence-corrected chi connectivity index (χ2v) is 5.81. The Morgan fingerprint density at radius 3 is 2.33 bits per heavy atom. The van der Waals surface area contributed by atoms with Crippen LogP contribution < -0.4 is 0 Å². The summed E-state index contributed by atoms with van der Waals surface area (Å²) in [5.74, 6) is -1.06. The van der Waals surface area contributed by atoms with E-state index < -0.39 is 5.97 Å². The molecule has 0 amide bonds. The van der Waals surface area contributed by atoms with Crippen LogP contribution >= 0.6 is 46.4 Å². The fraction of sp³-hybridized carbons (Fsp3) is 0. The van der Waals surface area contributed by atoms with Gasteiger partial charge in [-0.25, -0.2) is 4.79 Å². The van der Waals surface area contributed by atoms with Gasteiger partial charge in [-0.2, -0.15) is 0 Å². The Labute approximate surface area is 141 Å². The van der Waals surface area contributed by atoms with Crippen LogP contribution in [0.3, 0.4) is 0 Å². The van der Waals surface area contributed by atoms with Crippen LogP contribution in [-0.2, 0) is 4.79 Å². The van der Waals surface area contributed by atoms with Gasteiger partial charge in [0.1, 0.15) is 0 Å². The first-order valence-corrected chi connectivity index (χ1v) is 7.25. The first kappa shape index (κ1) is 16.2. The summed E-state index contributed by atoms with van der Waals surface area (Å²) in [7, 11) is 0. The lowest BCUT2D eigenvalue weighted by atomic mass is 9.99. The van der Waals surface area contributed by atoms with Crippen molar-refractivity contribution in [1.29, 1.82) is 0 Å². The number of halogens is 4. The van der Waals surface area contributed by atoms with Gasteiger partial charge >= 0.3 is 5.97 Å². The van der Waals surface area contributed by atoms with E-state index in [0.717, 1.165) is 6.08 Å². The zero-order chi connectivity index (χ0) is 15.6. The van der Waals surface area contributed by atoms with Gasteiger partial charge in [0.25, 0.3) is 0 Å². The summed E-state index contributed by atoms with van der Waals surface area (Å²) in [6.07, 6.45) is 2.46. The van der Waals surface area contributed by atoms with Crippen LogP contribution in [0.25, 0.3) is 17.2 Å². The highest BCUT2D eigenvalue weighted by molar-refractivity contribution is 6.45. The van der Waals surface area contributed by atoms with Crippen molar-refractivity contribution in [2.45, 2.75) is 0 Å². The molecule has 0 atom stereocenters. The van der Waals surface area contributed by atoms with Crippen molar-refractivity contribution in [3.05, 3.63) is 62.1 Å². The van der Waals surface area contributed by atoms with E-state index in [9.17, 15) is 4.79 Å². The Morgan fingerprint density at radius 2 is 1.67 bits per heavy atom. The minimum absolute atomic E-state index is 0.322. The molecule has 6 heteroatoms. The highest BCUT2D eigenvalue weighted by Crippen LogP contribution is 2.38. The fourth-order valence-corrected chi connectivity index (χ4v) is 2.71. The van der Waals surface area contributed by atoms with E-state index in [1.807, 2.05) is 0 Å². The van der Waals surface area contributed by atoms with Crippen LogP contribution in [0.2, 0.25) is 20.1 Å². The van der Waals surface area contributed by atoms with Gasteiger partial charge in [0.15, 0.2) is 0 Å². The molecule has 0 aliphatic rings. The van der Waals surface area contributed by atoms with Gasteiger partial charge in [-0.05, 0) is 41.5 Å². The van der Waals surface area contributed by atoms with Crippen molar-refractivity contribution in [2.24, 2.45) is 0 Å². The molecule has 2 rings (SSSR count). The van der Waals surface area contributed by atoms with Crippen molar-refractivity contribution < 1.29 is 9.90 Å². The summed E-state index contributed by atoms with van der Waals surface area (Å²) in [6, 6.07) is 8.26. The molecule has 0 heterocycles. The molecule has 2 nitrogen and oxygen atoms in total. The lowest BCUT2D eigenvalue weighted by Gasteiger charge is -2.11. The van der Waals surface area contributed by atoms with Gasteiger partial charge in [0.2, 0.25) is 0 Å². The van der Waals surface area contributed by atoms with E-state index in [0.29, 0.717) is 36.8 Å². The molecule has 1 N–H and O–H groups in total. The maximum absolute atomic E-state index is 10.7.